The van der Waals surface area contributed by atoms with Gasteiger partial charge in [0.2, 0.25) is 0 Å². The Balaban J connectivity index is 2.44. The van der Waals surface area contributed by atoms with Gasteiger partial charge in [-0.3, -0.25) is 0 Å². The standard InChI is InChI=1S/C11H21O/c1-3-7-10(2)11(12)8-5-4-6-9-11/h10H,3-9H2,1-2H3. The summed E-state index contributed by atoms with van der Waals surface area (Å²) in [6.45, 7) is 4.31. The second-order valence-electron chi connectivity index (χ2n) is 4.32. The minimum atomic E-state index is -0.561. The Labute approximate surface area is 76.2 Å². The number of hydrogen-bond acceptors (Lipinski definition) is 0. The van der Waals surface area contributed by atoms with E-state index in [2.05, 4.69) is 13.8 Å². The molecule has 1 unspecified atom stereocenters. The summed E-state index contributed by atoms with van der Waals surface area (Å²) >= 11 is 0. The van der Waals surface area contributed by atoms with Gasteiger partial charge in [0, 0.05) is 0 Å². The van der Waals surface area contributed by atoms with Crippen LogP contribution >= 0.6 is 0 Å². The van der Waals surface area contributed by atoms with Gasteiger partial charge in [-0.15, -0.1) is 0 Å². The molecule has 1 aliphatic rings. The molecular weight excluding hydrogens is 148 g/mol. The molecule has 0 bridgehead atoms. The zero-order chi connectivity index (χ0) is 9.03. The number of rotatable bonds is 3. The largest absolute Gasteiger partial charge is 0.229 e. The van der Waals surface area contributed by atoms with Crippen LogP contribution in [0.5, 0.6) is 0 Å². The first-order valence-electron chi connectivity index (χ1n) is 5.39. The van der Waals surface area contributed by atoms with Crippen molar-refractivity contribution in [2.45, 2.75) is 64.4 Å². The lowest BCUT2D eigenvalue weighted by molar-refractivity contribution is -0.100. The summed E-state index contributed by atoms with van der Waals surface area (Å²) in [6.07, 6.45) is 7.73. The first-order valence-corrected chi connectivity index (χ1v) is 5.39. The van der Waals surface area contributed by atoms with Gasteiger partial charge in [0.1, 0.15) is 5.60 Å². The van der Waals surface area contributed by atoms with E-state index in [1.165, 1.54) is 6.42 Å². The van der Waals surface area contributed by atoms with Crippen LogP contribution in [0, 0.1) is 5.92 Å². The van der Waals surface area contributed by atoms with Crippen molar-refractivity contribution in [3.63, 3.8) is 0 Å². The zero-order valence-corrected chi connectivity index (χ0v) is 8.44. The molecule has 1 saturated carbocycles. The van der Waals surface area contributed by atoms with Crippen molar-refractivity contribution in [1.29, 1.82) is 0 Å². The SMILES string of the molecule is CCCC(C)C1([O])CCCCC1. The maximum absolute atomic E-state index is 12.2. The molecule has 1 fully saturated rings. The second kappa shape index (κ2) is 4.27. The molecular formula is C11H21O. The van der Waals surface area contributed by atoms with E-state index in [1.807, 2.05) is 0 Å². The minimum absolute atomic E-state index is 0.391. The Kier molecular flexibility index (Phi) is 3.57. The summed E-state index contributed by atoms with van der Waals surface area (Å²) < 4.78 is 0. The molecule has 71 valence electrons. The summed E-state index contributed by atoms with van der Waals surface area (Å²) in [7, 11) is 0. The van der Waals surface area contributed by atoms with Gasteiger partial charge in [-0.05, 0) is 25.2 Å². The highest BCUT2D eigenvalue weighted by atomic mass is 16.3. The number of hydrogen-bond donors (Lipinski definition) is 0. The molecule has 0 aromatic carbocycles. The summed E-state index contributed by atoms with van der Waals surface area (Å²) in [4.78, 5) is 0. The maximum Gasteiger partial charge on any atom is 0.106 e. The van der Waals surface area contributed by atoms with Crippen molar-refractivity contribution < 1.29 is 5.11 Å². The molecule has 1 atom stereocenters. The molecule has 1 nitrogen and oxygen atoms in total. The van der Waals surface area contributed by atoms with E-state index < -0.39 is 5.60 Å². The van der Waals surface area contributed by atoms with E-state index >= 15 is 0 Å². The summed E-state index contributed by atoms with van der Waals surface area (Å²) in [5, 5.41) is 12.2. The Morgan fingerprint density at radius 3 is 2.33 bits per heavy atom. The van der Waals surface area contributed by atoms with E-state index in [4.69, 9.17) is 0 Å². The van der Waals surface area contributed by atoms with Crippen molar-refractivity contribution in [3.05, 3.63) is 0 Å². The molecule has 0 aromatic heterocycles. The fourth-order valence-electron chi connectivity index (χ4n) is 2.34. The van der Waals surface area contributed by atoms with E-state index in [9.17, 15) is 5.11 Å². The average molecular weight is 169 g/mol. The summed E-state index contributed by atoms with van der Waals surface area (Å²) in [5.74, 6) is 0.391. The fourth-order valence-corrected chi connectivity index (χ4v) is 2.34. The van der Waals surface area contributed by atoms with Crippen molar-refractivity contribution in [2.24, 2.45) is 5.92 Å². The quantitative estimate of drug-likeness (QED) is 0.615. The van der Waals surface area contributed by atoms with E-state index in [0.29, 0.717) is 5.92 Å². The van der Waals surface area contributed by atoms with Crippen LogP contribution < -0.4 is 0 Å². The van der Waals surface area contributed by atoms with E-state index in [0.717, 1.165) is 38.5 Å². The Morgan fingerprint density at radius 2 is 1.83 bits per heavy atom. The highest BCUT2D eigenvalue weighted by Gasteiger charge is 2.36. The first-order chi connectivity index (χ1) is 5.69. The highest BCUT2D eigenvalue weighted by molar-refractivity contribution is 4.86. The molecule has 1 radical (unpaired) electrons. The molecule has 0 heterocycles. The molecule has 0 N–H and O–H groups in total. The second-order valence-corrected chi connectivity index (χ2v) is 4.32. The van der Waals surface area contributed by atoms with Crippen LogP contribution in [-0.4, -0.2) is 5.60 Å². The van der Waals surface area contributed by atoms with Gasteiger partial charge in [0.05, 0.1) is 0 Å². The van der Waals surface area contributed by atoms with Crippen LogP contribution in [0.25, 0.3) is 0 Å². The Morgan fingerprint density at radius 1 is 1.25 bits per heavy atom. The lowest BCUT2D eigenvalue weighted by Crippen LogP contribution is -2.36. The third-order valence-electron chi connectivity index (χ3n) is 3.32. The monoisotopic (exact) mass is 169 g/mol. The Bertz CT molecular complexity index is 125. The van der Waals surface area contributed by atoms with Gasteiger partial charge in [-0.25, -0.2) is 5.11 Å². The topological polar surface area (TPSA) is 19.9 Å². The van der Waals surface area contributed by atoms with Crippen LogP contribution in [0.15, 0.2) is 0 Å². The van der Waals surface area contributed by atoms with Crippen molar-refractivity contribution in [2.75, 3.05) is 0 Å². The van der Waals surface area contributed by atoms with Crippen LogP contribution in [0.1, 0.15) is 58.8 Å². The zero-order valence-electron chi connectivity index (χ0n) is 8.44. The van der Waals surface area contributed by atoms with Crippen molar-refractivity contribution in [3.8, 4) is 0 Å². The Hall–Kier alpha value is -0.0400. The van der Waals surface area contributed by atoms with Gasteiger partial charge in [0.25, 0.3) is 0 Å². The molecule has 12 heavy (non-hydrogen) atoms. The van der Waals surface area contributed by atoms with E-state index in [-0.39, 0.29) is 0 Å². The minimum Gasteiger partial charge on any atom is -0.229 e. The van der Waals surface area contributed by atoms with Gasteiger partial charge >= 0.3 is 0 Å². The van der Waals surface area contributed by atoms with E-state index in [1.54, 1.807) is 0 Å². The van der Waals surface area contributed by atoms with Gasteiger partial charge < -0.3 is 0 Å². The van der Waals surface area contributed by atoms with Gasteiger partial charge in [0.15, 0.2) is 0 Å². The van der Waals surface area contributed by atoms with Crippen LogP contribution in [0.2, 0.25) is 0 Å². The fraction of sp³-hybridized carbons (Fsp3) is 1.00. The predicted molar refractivity (Wildman–Crippen MR) is 50.6 cm³/mol. The molecule has 0 aromatic rings. The molecule has 1 rings (SSSR count). The van der Waals surface area contributed by atoms with Crippen molar-refractivity contribution in [1.82, 2.24) is 0 Å². The molecule has 1 aliphatic carbocycles. The van der Waals surface area contributed by atoms with Crippen molar-refractivity contribution >= 4 is 0 Å². The average Bonchev–Trinajstić information content (AvgIpc) is 2.06. The van der Waals surface area contributed by atoms with Gasteiger partial charge in [-0.2, -0.15) is 0 Å². The van der Waals surface area contributed by atoms with Gasteiger partial charge in [-0.1, -0.05) is 39.5 Å². The maximum atomic E-state index is 12.2. The van der Waals surface area contributed by atoms with Crippen LogP contribution in [0.4, 0.5) is 0 Å². The lowest BCUT2D eigenvalue weighted by Gasteiger charge is -2.35. The third kappa shape index (κ3) is 2.22. The lowest BCUT2D eigenvalue weighted by atomic mass is 9.75. The molecule has 0 aliphatic heterocycles. The highest BCUT2D eigenvalue weighted by Crippen LogP contribution is 2.36. The normalized spacial score (nSPS) is 25.2. The van der Waals surface area contributed by atoms with Crippen LogP contribution in [-0.2, 0) is 5.11 Å². The molecule has 0 amide bonds. The predicted octanol–water partition coefficient (Wildman–Crippen LogP) is 3.56. The smallest absolute Gasteiger partial charge is 0.106 e. The van der Waals surface area contributed by atoms with Crippen LogP contribution in [0.3, 0.4) is 0 Å². The summed E-state index contributed by atoms with van der Waals surface area (Å²) in [6, 6.07) is 0. The third-order valence-corrected chi connectivity index (χ3v) is 3.32. The molecule has 1 heteroatoms. The molecule has 0 spiro atoms. The molecule has 0 saturated heterocycles. The first kappa shape index (κ1) is 10.0. The summed E-state index contributed by atoms with van der Waals surface area (Å²) in [5.41, 5.74) is -0.561.